The number of hydrazine groups is 2. The Balaban J connectivity index is 3.01. The van der Waals surface area contributed by atoms with Crippen LogP contribution in [0.1, 0.15) is 27.1 Å². The molecule has 9 heteroatoms. The molecule has 0 radical (unpaired) electrons. The molecular formula is C14H24N5O4+. The second kappa shape index (κ2) is 7.77. The first-order valence-corrected chi connectivity index (χ1v) is 7.01. The number of ether oxygens (including phenoxy) is 1. The largest absolute Gasteiger partial charge is 0.507 e. The third kappa shape index (κ3) is 5.40. The minimum Gasteiger partial charge on any atom is -0.507 e. The van der Waals surface area contributed by atoms with Crippen molar-refractivity contribution in [2.24, 2.45) is 11.7 Å². The summed E-state index contributed by atoms with van der Waals surface area (Å²) in [4.78, 5) is 23.4. The summed E-state index contributed by atoms with van der Waals surface area (Å²) in [5, 5.41) is 9.84. The minimum absolute atomic E-state index is 0.0313. The number of carbonyl (C=O) groups is 2. The van der Waals surface area contributed by atoms with Crippen LogP contribution in [0.2, 0.25) is 0 Å². The number of hydrogen-bond donors (Lipinski definition) is 5. The second-order valence-corrected chi connectivity index (χ2v) is 6.03. The topological polar surface area (TPSA) is 140 Å². The molecule has 0 aliphatic carbocycles. The van der Waals surface area contributed by atoms with Gasteiger partial charge >= 0.3 is 0 Å². The summed E-state index contributed by atoms with van der Waals surface area (Å²) in [6.07, 6.45) is 0.743. The Hall–Kier alpha value is -2.36. The molecule has 0 saturated heterocycles. The van der Waals surface area contributed by atoms with Gasteiger partial charge in [-0.1, -0.05) is 0 Å². The van der Waals surface area contributed by atoms with Gasteiger partial charge in [0.1, 0.15) is 11.5 Å². The summed E-state index contributed by atoms with van der Waals surface area (Å²) in [6, 6.07) is 2.37. The lowest BCUT2D eigenvalue weighted by Gasteiger charge is -2.23. The quantitative estimate of drug-likeness (QED) is 0.144. The van der Waals surface area contributed by atoms with Crippen LogP contribution >= 0.6 is 0 Å². The number of quaternary nitrogens is 1. The third-order valence-corrected chi connectivity index (χ3v) is 3.08. The molecule has 0 spiro atoms. The lowest BCUT2D eigenvalue weighted by atomic mass is 10.1. The average molecular weight is 326 g/mol. The van der Waals surface area contributed by atoms with Crippen molar-refractivity contribution in [1.29, 1.82) is 0 Å². The highest BCUT2D eigenvalue weighted by Gasteiger charge is 2.19. The number of aromatic hydroxyl groups is 1. The molecule has 0 aliphatic heterocycles. The van der Waals surface area contributed by atoms with Crippen LogP contribution in [-0.4, -0.2) is 55.7 Å². The molecule has 0 fully saturated rings. The number of hydrogen-bond acceptors (Lipinski definition) is 6. The second-order valence-electron chi connectivity index (χ2n) is 6.03. The predicted octanol–water partition coefficient (Wildman–Crippen LogP) is -0.926. The number of benzene rings is 1. The molecule has 0 unspecified atom stereocenters. The Morgan fingerprint density at radius 1 is 1.13 bits per heavy atom. The molecule has 23 heavy (non-hydrogen) atoms. The van der Waals surface area contributed by atoms with E-state index in [0.717, 1.165) is 23.5 Å². The number of nitrogen functional groups attached to an aromatic ring is 2. The zero-order valence-electron chi connectivity index (χ0n) is 13.5. The summed E-state index contributed by atoms with van der Waals surface area (Å²) in [6.45, 7) is 1.21. The molecule has 0 saturated carbocycles. The fourth-order valence-electron chi connectivity index (χ4n) is 1.92. The number of amides is 2. The van der Waals surface area contributed by atoms with Crippen LogP contribution in [0.25, 0.3) is 0 Å². The summed E-state index contributed by atoms with van der Waals surface area (Å²) < 4.78 is 6.36. The van der Waals surface area contributed by atoms with Gasteiger partial charge < -0.3 is 14.3 Å². The van der Waals surface area contributed by atoms with Crippen LogP contribution in [0.4, 0.5) is 0 Å². The highest BCUT2D eigenvalue weighted by atomic mass is 16.5. The van der Waals surface area contributed by atoms with Gasteiger partial charge in [0.2, 0.25) is 0 Å². The van der Waals surface area contributed by atoms with Gasteiger partial charge in [-0.3, -0.25) is 20.4 Å². The van der Waals surface area contributed by atoms with Crippen LogP contribution in [0, 0.1) is 0 Å². The van der Waals surface area contributed by atoms with E-state index in [-0.39, 0.29) is 16.9 Å². The van der Waals surface area contributed by atoms with Crippen molar-refractivity contribution < 1.29 is 23.9 Å². The predicted molar refractivity (Wildman–Crippen MR) is 84.4 cm³/mol. The maximum absolute atomic E-state index is 11.8. The minimum atomic E-state index is -0.696. The number of rotatable bonds is 7. The average Bonchev–Trinajstić information content (AvgIpc) is 2.49. The molecule has 0 aliphatic rings. The van der Waals surface area contributed by atoms with Gasteiger partial charge in [0.05, 0.1) is 45.4 Å². The molecule has 1 aromatic rings. The van der Waals surface area contributed by atoms with Gasteiger partial charge in [0, 0.05) is 6.42 Å². The molecule has 0 aromatic heterocycles. The molecule has 7 N–H and O–H groups in total. The number of nitrogens with two attached hydrogens (primary N) is 2. The van der Waals surface area contributed by atoms with Gasteiger partial charge in [-0.05, 0) is 12.1 Å². The Labute approximate surface area is 134 Å². The highest BCUT2D eigenvalue weighted by molar-refractivity contribution is 6.01. The molecule has 0 heterocycles. The first kappa shape index (κ1) is 18.7. The lowest BCUT2D eigenvalue weighted by molar-refractivity contribution is -0.870. The van der Waals surface area contributed by atoms with Crippen LogP contribution in [0.3, 0.4) is 0 Å². The molecule has 1 rings (SSSR count). The molecule has 0 atom stereocenters. The molecular weight excluding hydrogens is 302 g/mol. The van der Waals surface area contributed by atoms with Gasteiger partial charge in [0.25, 0.3) is 11.8 Å². The Morgan fingerprint density at radius 2 is 1.70 bits per heavy atom. The van der Waals surface area contributed by atoms with E-state index < -0.39 is 17.6 Å². The normalized spacial score (nSPS) is 11.0. The maximum Gasteiger partial charge on any atom is 0.269 e. The summed E-state index contributed by atoms with van der Waals surface area (Å²) in [7, 11) is 6.16. The summed E-state index contributed by atoms with van der Waals surface area (Å²) >= 11 is 0. The van der Waals surface area contributed by atoms with Crippen LogP contribution in [-0.2, 0) is 0 Å². The standard InChI is InChI=1S/C14H23N5O4/c1-19(2,3)5-4-6-23-12-8-9(13(21)17-15)11(20)7-10(12)14(22)18-16/h7-8H,4-6H2,1-3H3,(H6-,15,16,17,18,20,21,22)/p+1. The SMILES string of the molecule is C[N+](C)(C)CCCOc1cc(C(=O)NN)c(O)cc1C(=O)NN. The third-order valence-electron chi connectivity index (χ3n) is 3.08. The smallest absolute Gasteiger partial charge is 0.269 e. The number of carbonyl (C=O) groups excluding carboxylic acids is 2. The maximum atomic E-state index is 11.8. The first-order valence-electron chi connectivity index (χ1n) is 7.01. The molecule has 0 bridgehead atoms. The van der Waals surface area contributed by atoms with Crippen molar-refractivity contribution in [1.82, 2.24) is 10.9 Å². The molecule has 2 amide bonds. The molecule has 9 nitrogen and oxygen atoms in total. The molecule has 1 aromatic carbocycles. The van der Waals surface area contributed by atoms with Gasteiger partial charge in [-0.2, -0.15) is 0 Å². The lowest BCUT2D eigenvalue weighted by Crippen LogP contribution is -2.36. The van der Waals surface area contributed by atoms with Crippen molar-refractivity contribution in [3.63, 3.8) is 0 Å². The number of nitrogens with one attached hydrogen (secondary N) is 2. The van der Waals surface area contributed by atoms with Crippen molar-refractivity contribution in [2.45, 2.75) is 6.42 Å². The van der Waals surface area contributed by atoms with E-state index in [0.29, 0.717) is 6.61 Å². The van der Waals surface area contributed by atoms with E-state index in [1.807, 2.05) is 10.9 Å². The van der Waals surface area contributed by atoms with Crippen LogP contribution in [0.15, 0.2) is 12.1 Å². The van der Waals surface area contributed by atoms with Crippen LogP contribution < -0.4 is 27.3 Å². The van der Waals surface area contributed by atoms with Crippen LogP contribution in [0.5, 0.6) is 11.5 Å². The van der Waals surface area contributed by atoms with E-state index in [1.54, 1.807) is 0 Å². The Kier molecular flexibility index (Phi) is 6.31. The van der Waals surface area contributed by atoms with E-state index in [4.69, 9.17) is 16.4 Å². The Morgan fingerprint density at radius 3 is 2.22 bits per heavy atom. The zero-order chi connectivity index (χ0) is 17.6. The van der Waals surface area contributed by atoms with Gasteiger partial charge in [-0.15, -0.1) is 0 Å². The summed E-state index contributed by atoms with van der Waals surface area (Å²) in [5.41, 5.74) is 3.82. The van der Waals surface area contributed by atoms with Crippen molar-refractivity contribution >= 4 is 11.8 Å². The molecule has 128 valence electrons. The Bertz CT molecular complexity index is 583. The summed E-state index contributed by atoms with van der Waals surface area (Å²) in [5.74, 6) is 8.60. The fourth-order valence-corrected chi connectivity index (χ4v) is 1.92. The zero-order valence-corrected chi connectivity index (χ0v) is 13.5. The highest BCUT2D eigenvalue weighted by Crippen LogP contribution is 2.28. The first-order chi connectivity index (χ1) is 10.7. The van der Waals surface area contributed by atoms with E-state index in [2.05, 4.69) is 21.1 Å². The number of phenols is 1. The van der Waals surface area contributed by atoms with E-state index in [9.17, 15) is 14.7 Å². The monoisotopic (exact) mass is 326 g/mol. The number of nitrogens with zero attached hydrogens (tertiary/aromatic N) is 1. The van der Waals surface area contributed by atoms with Crippen molar-refractivity contribution in [3.8, 4) is 11.5 Å². The number of phenolic OH excluding ortho intramolecular Hbond substituents is 1. The van der Waals surface area contributed by atoms with Crippen molar-refractivity contribution in [2.75, 3.05) is 34.3 Å². The fraction of sp³-hybridized carbons (Fsp3) is 0.429. The van der Waals surface area contributed by atoms with Gasteiger partial charge in [0.15, 0.2) is 0 Å². The van der Waals surface area contributed by atoms with Crippen molar-refractivity contribution in [3.05, 3.63) is 23.3 Å². The van der Waals surface area contributed by atoms with E-state index in [1.165, 1.54) is 6.07 Å². The van der Waals surface area contributed by atoms with Gasteiger partial charge in [-0.25, -0.2) is 11.7 Å². The van der Waals surface area contributed by atoms with E-state index >= 15 is 0 Å².